The molecule has 0 aromatic heterocycles. The maximum absolute atomic E-state index is 13.3. The molecule has 78 valence electrons. The molecule has 14 heavy (non-hydrogen) atoms. The minimum atomic E-state index is -0.322. The van der Waals surface area contributed by atoms with Crippen LogP contribution < -0.4 is 0 Å². The van der Waals surface area contributed by atoms with E-state index in [0.717, 1.165) is 18.4 Å². The van der Waals surface area contributed by atoms with Crippen LogP contribution in [-0.2, 0) is 5.41 Å². The second-order valence-corrected chi connectivity index (χ2v) is 4.30. The van der Waals surface area contributed by atoms with E-state index in [0.29, 0.717) is 0 Å². The molecule has 0 atom stereocenters. The minimum Gasteiger partial charge on any atom is -0.205 e. The first-order chi connectivity index (χ1) is 6.53. The van der Waals surface area contributed by atoms with Gasteiger partial charge in [0.1, 0.15) is 5.82 Å². The molecule has 1 rings (SSSR count). The quantitative estimate of drug-likeness (QED) is 0.692. The van der Waals surface area contributed by atoms with E-state index in [1.807, 2.05) is 6.07 Å². The Kier molecular flexibility index (Phi) is 3.54. The van der Waals surface area contributed by atoms with Gasteiger partial charge in [-0.3, -0.25) is 0 Å². The molecule has 1 aromatic rings. The highest BCUT2D eigenvalue weighted by Crippen LogP contribution is 2.32. The predicted octanol–water partition coefficient (Wildman–Crippen LogP) is 4.56. The van der Waals surface area contributed by atoms with Crippen LogP contribution in [-0.4, -0.2) is 0 Å². The van der Waals surface area contributed by atoms with E-state index >= 15 is 0 Å². The average Bonchev–Trinajstić information content (AvgIpc) is 2.21. The van der Waals surface area contributed by atoms with E-state index in [4.69, 9.17) is 11.6 Å². The Morgan fingerprint density at radius 2 is 1.86 bits per heavy atom. The van der Waals surface area contributed by atoms with Crippen molar-refractivity contribution in [2.75, 3.05) is 0 Å². The summed E-state index contributed by atoms with van der Waals surface area (Å²) < 4.78 is 13.3. The zero-order valence-electron chi connectivity index (χ0n) is 8.90. The van der Waals surface area contributed by atoms with Crippen LogP contribution in [0.1, 0.15) is 39.2 Å². The summed E-state index contributed by atoms with van der Waals surface area (Å²) in [5, 5.41) is 0.198. The molecule has 2 heteroatoms. The van der Waals surface area contributed by atoms with E-state index < -0.39 is 0 Å². The van der Waals surface area contributed by atoms with Crippen molar-refractivity contribution in [3.63, 3.8) is 0 Å². The third kappa shape index (κ3) is 2.09. The molecule has 0 aliphatic carbocycles. The second-order valence-electron chi connectivity index (χ2n) is 3.90. The molecule has 0 amide bonds. The van der Waals surface area contributed by atoms with Crippen molar-refractivity contribution in [1.82, 2.24) is 0 Å². The van der Waals surface area contributed by atoms with Crippen molar-refractivity contribution in [3.05, 3.63) is 34.6 Å². The Labute approximate surface area is 90.1 Å². The van der Waals surface area contributed by atoms with Crippen molar-refractivity contribution >= 4 is 11.6 Å². The van der Waals surface area contributed by atoms with E-state index in [2.05, 4.69) is 20.8 Å². The van der Waals surface area contributed by atoms with Crippen LogP contribution in [0.3, 0.4) is 0 Å². The summed E-state index contributed by atoms with van der Waals surface area (Å²) in [5.74, 6) is -0.322. The monoisotopic (exact) mass is 214 g/mol. The van der Waals surface area contributed by atoms with E-state index in [1.54, 1.807) is 12.1 Å². The van der Waals surface area contributed by atoms with Gasteiger partial charge in [0.25, 0.3) is 0 Å². The molecule has 0 N–H and O–H groups in total. The second kappa shape index (κ2) is 4.31. The number of rotatable bonds is 3. The molecule has 0 saturated heterocycles. The SMILES string of the molecule is CCC(C)(CC)c1ccc(Cl)c(F)c1. The van der Waals surface area contributed by atoms with Crippen molar-refractivity contribution in [1.29, 1.82) is 0 Å². The van der Waals surface area contributed by atoms with Gasteiger partial charge in [-0.2, -0.15) is 0 Å². The molecule has 0 spiro atoms. The lowest BCUT2D eigenvalue weighted by Crippen LogP contribution is -2.19. The zero-order valence-corrected chi connectivity index (χ0v) is 9.66. The van der Waals surface area contributed by atoms with Gasteiger partial charge in [-0.25, -0.2) is 4.39 Å². The van der Waals surface area contributed by atoms with E-state index in [1.165, 1.54) is 0 Å². The van der Waals surface area contributed by atoms with Gasteiger partial charge in [0.05, 0.1) is 5.02 Å². The van der Waals surface area contributed by atoms with Gasteiger partial charge in [-0.15, -0.1) is 0 Å². The Bertz CT molecular complexity index is 316. The number of hydrogen-bond acceptors (Lipinski definition) is 0. The Balaban J connectivity index is 3.12. The first-order valence-corrected chi connectivity index (χ1v) is 5.37. The van der Waals surface area contributed by atoms with Crippen molar-refractivity contribution in [2.24, 2.45) is 0 Å². The molecule has 0 radical (unpaired) electrons. The number of halogens is 2. The molecule has 0 aliphatic heterocycles. The maximum Gasteiger partial charge on any atom is 0.142 e. The summed E-state index contributed by atoms with van der Waals surface area (Å²) >= 11 is 5.64. The fourth-order valence-electron chi connectivity index (χ4n) is 1.53. The normalized spacial score (nSPS) is 11.8. The predicted molar refractivity (Wildman–Crippen MR) is 59.3 cm³/mol. The zero-order chi connectivity index (χ0) is 10.8. The lowest BCUT2D eigenvalue weighted by Gasteiger charge is -2.27. The fraction of sp³-hybridized carbons (Fsp3) is 0.500. The molecule has 0 unspecified atom stereocenters. The van der Waals surface area contributed by atoms with Gasteiger partial charge in [0, 0.05) is 0 Å². The Hall–Kier alpha value is -0.560. The molecule has 1 aromatic carbocycles. The average molecular weight is 215 g/mol. The van der Waals surface area contributed by atoms with Crippen molar-refractivity contribution in [3.8, 4) is 0 Å². The fourth-order valence-corrected chi connectivity index (χ4v) is 1.65. The van der Waals surface area contributed by atoms with Crippen LogP contribution in [0.5, 0.6) is 0 Å². The van der Waals surface area contributed by atoms with Crippen LogP contribution in [0.4, 0.5) is 4.39 Å². The van der Waals surface area contributed by atoms with Crippen molar-refractivity contribution in [2.45, 2.75) is 39.0 Å². The highest BCUT2D eigenvalue weighted by atomic mass is 35.5. The molecule has 0 bridgehead atoms. The first-order valence-electron chi connectivity index (χ1n) is 4.99. The number of hydrogen-bond donors (Lipinski definition) is 0. The Morgan fingerprint density at radius 3 is 2.29 bits per heavy atom. The van der Waals surface area contributed by atoms with Crippen LogP contribution in [0.15, 0.2) is 18.2 Å². The highest BCUT2D eigenvalue weighted by Gasteiger charge is 2.22. The van der Waals surface area contributed by atoms with Gasteiger partial charge in [-0.05, 0) is 36.0 Å². The Morgan fingerprint density at radius 1 is 1.29 bits per heavy atom. The molecule has 0 heterocycles. The van der Waals surface area contributed by atoms with Gasteiger partial charge in [0.15, 0.2) is 0 Å². The van der Waals surface area contributed by atoms with Gasteiger partial charge in [-0.1, -0.05) is 38.4 Å². The topological polar surface area (TPSA) is 0 Å². The van der Waals surface area contributed by atoms with Gasteiger partial charge in [0.2, 0.25) is 0 Å². The smallest absolute Gasteiger partial charge is 0.142 e. The first kappa shape index (κ1) is 11.5. The van der Waals surface area contributed by atoms with Gasteiger partial charge < -0.3 is 0 Å². The molecule has 0 nitrogen and oxygen atoms in total. The molecule has 0 fully saturated rings. The highest BCUT2D eigenvalue weighted by molar-refractivity contribution is 6.30. The van der Waals surface area contributed by atoms with E-state index in [-0.39, 0.29) is 16.3 Å². The minimum absolute atomic E-state index is 0.0609. The van der Waals surface area contributed by atoms with Crippen LogP contribution in [0.2, 0.25) is 5.02 Å². The molecule has 0 aliphatic rings. The molecular formula is C12H16ClF. The van der Waals surface area contributed by atoms with Crippen LogP contribution in [0.25, 0.3) is 0 Å². The molecular weight excluding hydrogens is 199 g/mol. The van der Waals surface area contributed by atoms with Crippen LogP contribution in [0, 0.1) is 5.82 Å². The van der Waals surface area contributed by atoms with Crippen LogP contribution >= 0.6 is 11.6 Å². The summed E-state index contributed by atoms with van der Waals surface area (Å²) in [6, 6.07) is 5.10. The molecule has 0 saturated carbocycles. The standard InChI is InChI=1S/C12H16ClF/c1-4-12(3,5-2)9-6-7-10(13)11(14)8-9/h6-8H,4-5H2,1-3H3. The summed E-state index contributed by atoms with van der Waals surface area (Å²) in [4.78, 5) is 0. The number of benzene rings is 1. The van der Waals surface area contributed by atoms with Gasteiger partial charge >= 0.3 is 0 Å². The van der Waals surface area contributed by atoms with Crippen molar-refractivity contribution < 1.29 is 4.39 Å². The third-order valence-corrected chi connectivity index (χ3v) is 3.48. The maximum atomic E-state index is 13.3. The van der Waals surface area contributed by atoms with E-state index in [9.17, 15) is 4.39 Å². The largest absolute Gasteiger partial charge is 0.205 e. The summed E-state index contributed by atoms with van der Waals surface area (Å²) in [7, 11) is 0. The summed E-state index contributed by atoms with van der Waals surface area (Å²) in [6.07, 6.45) is 2.01. The lowest BCUT2D eigenvalue weighted by molar-refractivity contribution is 0.436. The lowest BCUT2D eigenvalue weighted by atomic mass is 9.78. The third-order valence-electron chi connectivity index (χ3n) is 3.18. The summed E-state index contributed by atoms with van der Waals surface area (Å²) in [5.41, 5.74) is 1.09. The summed E-state index contributed by atoms with van der Waals surface area (Å²) in [6.45, 7) is 6.39.